The molecular formula is C17H19INO+. The average Bonchev–Trinajstić information content (AvgIpc) is 2.48. The zero-order valence-corrected chi connectivity index (χ0v) is 13.7. The van der Waals surface area contributed by atoms with Crippen LogP contribution in [0.15, 0.2) is 35.4 Å². The predicted molar refractivity (Wildman–Crippen MR) is 89.4 cm³/mol. The van der Waals surface area contributed by atoms with Crippen LogP contribution in [-0.2, 0) is 6.42 Å². The van der Waals surface area contributed by atoms with Crippen molar-refractivity contribution in [3.8, 4) is 0 Å². The number of halogens is 1. The highest BCUT2D eigenvalue weighted by Gasteiger charge is 2.24. The van der Waals surface area contributed by atoms with E-state index in [9.17, 15) is 4.79 Å². The molecule has 0 unspecified atom stereocenters. The van der Waals surface area contributed by atoms with Crippen molar-refractivity contribution in [3.05, 3.63) is 46.5 Å². The third-order valence-corrected chi connectivity index (χ3v) is 4.90. The maximum absolute atomic E-state index is 11.3. The standard InChI is InChI=1S/C17H18INO/c18-17(20)14-7-5-12(6-8-14)11-16-15-4-2-1-3-13(15)9-10-19-16/h5-8H,1-4,9-11H2/p+1. The van der Waals surface area contributed by atoms with E-state index < -0.39 is 0 Å². The summed E-state index contributed by atoms with van der Waals surface area (Å²) in [6.07, 6.45) is 7.41. The van der Waals surface area contributed by atoms with Crippen molar-refractivity contribution in [2.75, 3.05) is 6.54 Å². The minimum absolute atomic E-state index is 0.106. The zero-order chi connectivity index (χ0) is 13.9. The monoisotopic (exact) mass is 380 g/mol. The van der Waals surface area contributed by atoms with Crippen LogP contribution in [0.3, 0.4) is 0 Å². The van der Waals surface area contributed by atoms with Crippen LogP contribution in [0.5, 0.6) is 0 Å². The van der Waals surface area contributed by atoms with E-state index in [0.29, 0.717) is 0 Å². The third kappa shape index (κ3) is 3.03. The van der Waals surface area contributed by atoms with Crippen LogP contribution in [-0.4, -0.2) is 16.0 Å². The maximum Gasteiger partial charge on any atom is 0.222 e. The average molecular weight is 380 g/mol. The van der Waals surface area contributed by atoms with Gasteiger partial charge in [0, 0.05) is 40.1 Å². The molecule has 0 fully saturated rings. The van der Waals surface area contributed by atoms with E-state index in [1.165, 1.54) is 43.4 Å². The smallest absolute Gasteiger partial charge is 0.222 e. The summed E-state index contributed by atoms with van der Waals surface area (Å²) in [5.41, 5.74) is 6.77. The van der Waals surface area contributed by atoms with Gasteiger partial charge in [0.25, 0.3) is 0 Å². The van der Waals surface area contributed by atoms with Gasteiger partial charge in [-0.15, -0.1) is 0 Å². The first kappa shape index (κ1) is 14.0. The van der Waals surface area contributed by atoms with Crippen molar-refractivity contribution in [2.24, 2.45) is 0 Å². The molecule has 1 aliphatic heterocycles. The minimum atomic E-state index is 0.106. The van der Waals surface area contributed by atoms with Gasteiger partial charge in [-0.2, -0.15) is 0 Å². The van der Waals surface area contributed by atoms with Crippen molar-refractivity contribution in [3.63, 3.8) is 0 Å². The quantitative estimate of drug-likeness (QED) is 0.635. The van der Waals surface area contributed by atoms with Gasteiger partial charge in [0.1, 0.15) is 6.54 Å². The molecule has 0 spiro atoms. The van der Waals surface area contributed by atoms with Crippen molar-refractivity contribution in [1.82, 2.24) is 0 Å². The first-order valence-electron chi connectivity index (χ1n) is 7.34. The fourth-order valence-electron chi connectivity index (χ4n) is 3.21. The predicted octanol–water partition coefficient (Wildman–Crippen LogP) is 2.60. The zero-order valence-electron chi connectivity index (χ0n) is 11.5. The Hall–Kier alpha value is -0.970. The first-order chi connectivity index (χ1) is 9.74. The van der Waals surface area contributed by atoms with Crippen LogP contribution in [0, 0.1) is 0 Å². The van der Waals surface area contributed by atoms with Crippen molar-refractivity contribution in [1.29, 1.82) is 0 Å². The third-order valence-electron chi connectivity index (χ3n) is 4.27. The molecule has 1 aromatic rings. The van der Waals surface area contributed by atoms with Crippen LogP contribution >= 0.6 is 22.6 Å². The molecule has 0 atom stereocenters. The second-order valence-corrected chi connectivity index (χ2v) is 6.57. The lowest BCUT2D eigenvalue weighted by Crippen LogP contribution is -2.75. The lowest BCUT2D eigenvalue weighted by molar-refractivity contribution is -0.459. The summed E-state index contributed by atoms with van der Waals surface area (Å²) in [6, 6.07) is 8.03. The summed E-state index contributed by atoms with van der Waals surface area (Å²) in [4.78, 5) is 14.9. The summed E-state index contributed by atoms with van der Waals surface area (Å²) in [5.74, 6) is 0. The summed E-state index contributed by atoms with van der Waals surface area (Å²) >= 11 is 1.84. The van der Waals surface area contributed by atoms with Gasteiger partial charge in [0.2, 0.25) is 3.79 Å². The van der Waals surface area contributed by atoms with E-state index in [-0.39, 0.29) is 3.79 Å². The topological polar surface area (TPSA) is 31.0 Å². The Morgan fingerprint density at radius 1 is 1.10 bits per heavy atom. The maximum atomic E-state index is 11.3. The largest absolute Gasteiger partial charge is 0.282 e. The summed E-state index contributed by atoms with van der Waals surface area (Å²) < 4.78 is 0.106. The highest BCUT2D eigenvalue weighted by atomic mass is 127. The van der Waals surface area contributed by atoms with E-state index in [1.807, 2.05) is 34.7 Å². The number of carbonyl (C=O) groups excluding carboxylic acids is 1. The highest BCUT2D eigenvalue weighted by Crippen LogP contribution is 2.28. The molecule has 2 aliphatic rings. The number of hydrogen-bond acceptors (Lipinski definition) is 1. The number of allylic oxidation sites excluding steroid dienone is 1. The van der Waals surface area contributed by atoms with Crippen LogP contribution in [0.4, 0.5) is 0 Å². The van der Waals surface area contributed by atoms with Crippen molar-refractivity contribution < 1.29 is 9.79 Å². The molecule has 2 nitrogen and oxygen atoms in total. The van der Waals surface area contributed by atoms with Gasteiger partial charge in [-0.05, 0) is 31.2 Å². The van der Waals surface area contributed by atoms with Gasteiger partial charge in [-0.25, -0.2) is 4.99 Å². The van der Waals surface area contributed by atoms with Gasteiger partial charge in [0.15, 0.2) is 5.71 Å². The van der Waals surface area contributed by atoms with Crippen molar-refractivity contribution >= 4 is 32.1 Å². The van der Waals surface area contributed by atoms with E-state index in [1.54, 1.807) is 11.1 Å². The molecule has 0 amide bonds. The molecule has 3 heteroatoms. The number of rotatable bonds is 3. The molecule has 3 rings (SSSR count). The Kier molecular flexibility index (Phi) is 4.34. The molecule has 0 radical (unpaired) electrons. The lowest BCUT2D eigenvalue weighted by atomic mass is 9.84. The Bertz CT molecular complexity index is 584. The fourth-order valence-corrected chi connectivity index (χ4v) is 3.57. The normalized spacial score (nSPS) is 18.6. The summed E-state index contributed by atoms with van der Waals surface area (Å²) in [7, 11) is 0. The molecule has 0 saturated carbocycles. The van der Waals surface area contributed by atoms with E-state index in [0.717, 1.165) is 18.5 Å². The van der Waals surface area contributed by atoms with Gasteiger partial charge >= 0.3 is 0 Å². The van der Waals surface area contributed by atoms with Gasteiger partial charge in [-0.1, -0.05) is 29.8 Å². The molecule has 1 heterocycles. The second kappa shape index (κ2) is 6.20. The highest BCUT2D eigenvalue weighted by molar-refractivity contribution is 14.1. The van der Waals surface area contributed by atoms with E-state index in [2.05, 4.69) is 17.1 Å². The van der Waals surface area contributed by atoms with Crippen LogP contribution in [0.25, 0.3) is 0 Å². The molecule has 0 bridgehead atoms. The molecule has 1 aliphatic carbocycles. The molecular weight excluding hydrogens is 361 g/mol. The number of benzene rings is 1. The fraction of sp³-hybridized carbons (Fsp3) is 0.412. The summed E-state index contributed by atoms with van der Waals surface area (Å²) in [6.45, 7) is 1.08. The minimum Gasteiger partial charge on any atom is -0.282 e. The van der Waals surface area contributed by atoms with Gasteiger partial charge in [0.05, 0.1) is 6.42 Å². The van der Waals surface area contributed by atoms with Crippen LogP contribution < -0.4 is 4.99 Å². The number of nitrogens with one attached hydrogen (secondary N) is 1. The second-order valence-electron chi connectivity index (χ2n) is 5.59. The molecule has 0 aromatic heterocycles. The molecule has 0 saturated heterocycles. The van der Waals surface area contributed by atoms with E-state index >= 15 is 0 Å². The Labute approximate surface area is 133 Å². The molecule has 1 aromatic carbocycles. The SMILES string of the molecule is O=C(I)c1ccc(CC2=[NH+]CCC3=C2CCCC3)cc1. The molecule has 104 valence electrons. The first-order valence-corrected chi connectivity index (χ1v) is 8.41. The Morgan fingerprint density at radius 2 is 1.85 bits per heavy atom. The number of hydrogen-bond donors (Lipinski definition) is 1. The molecule has 20 heavy (non-hydrogen) atoms. The van der Waals surface area contributed by atoms with Gasteiger partial charge < -0.3 is 0 Å². The van der Waals surface area contributed by atoms with Gasteiger partial charge in [-0.3, -0.25) is 4.79 Å². The van der Waals surface area contributed by atoms with Crippen LogP contribution in [0.2, 0.25) is 0 Å². The Morgan fingerprint density at radius 3 is 2.60 bits per heavy atom. The Balaban J connectivity index is 1.78. The lowest BCUT2D eigenvalue weighted by Gasteiger charge is -2.21. The van der Waals surface area contributed by atoms with E-state index in [4.69, 9.17) is 0 Å². The van der Waals surface area contributed by atoms with Crippen LogP contribution in [0.1, 0.15) is 48.0 Å². The molecule has 1 N–H and O–H groups in total. The summed E-state index contributed by atoms with van der Waals surface area (Å²) in [5, 5.41) is 0. The van der Waals surface area contributed by atoms with Crippen molar-refractivity contribution in [2.45, 2.75) is 38.5 Å². The number of carbonyl (C=O) groups is 1.